The first-order valence-electron chi connectivity index (χ1n) is 9.67. The fourth-order valence-electron chi connectivity index (χ4n) is 3.85. The van der Waals surface area contributed by atoms with E-state index in [4.69, 9.17) is 14.1 Å². The Morgan fingerprint density at radius 2 is 1.83 bits per heavy atom. The number of hydrogen-bond donors (Lipinski definition) is 0. The van der Waals surface area contributed by atoms with Crippen molar-refractivity contribution in [2.75, 3.05) is 0 Å². The number of nitrogens with zero attached hydrogens (tertiary/aromatic N) is 1. The SMILES string of the molecule is O=C(OCc1ccccc1)c1c2c(nc3ccccc13)/C(=C/c1ccco1)CC2. The number of benzene rings is 2. The molecule has 0 spiro atoms. The first-order chi connectivity index (χ1) is 14.3. The minimum atomic E-state index is -0.303. The number of pyridine rings is 1. The van der Waals surface area contributed by atoms with E-state index in [1.807, 2.05) is 72.8 Å². The zero-order valence-electron chi connectivity index (χ0n) is 15.8. The summed E-state index contributed by atoms with van der Waals surface area (Å²) in [7, 11) is 0. The van der Waals surface area contributed by atoms with E-state index in [2.05, 4.69) is 0 Å². The smallest absolute Gasteiger partial charge is 0.339 e. The Bertz CT molecular complexity index is 1210. The van der Waals surface area contributed by atoms with Crippen LogP contribution in [0.25, 0.3) is 22.6 Å². The minimum Gasteiger partial charge on any atom is -0.465 e. The van der Waals surface area contributed by atoms with Crippen LogP contribution < -0.4 is 0 Å². The molecule has 0 atom stereocenters. The van der Waals surface area contributed by atoms with Crippen LogP contribution in [-0.2, 0) is 17.8 Å². The number of fused-ring (bicyclic) bond motifs is 2. The molecule has 2 aromatic heterocycles. The summed E-state index contributed by atoms with van der Waals surface area (Å²) in [5, 5.41) is 0.837. The number of esters is 1. The highest BCUT2D eigenvalue weighted by atomic mass is 16.5. The van der Waals surface area contributed by atoms with Crippen molar-refractivity contribution in [3.63, 3.8) is 0 Å². The maximum absolute atomic E-state index is 13.1. The van der Waals surface area contributed by atoms with Gasteiger partial charge in [-0.15, -0.1) is 0 Å². The molecule has 0 saturated heterocycles. The summed E-state index contributed by atoms with van der Waals surface area (Å²) >= 11 is 0. The fraction of sp³-hybridized carbons (Fsp3) is 0.120. The number of ether oxygens (including phenoxy) is 1. The van der Waals surface area contributed by atoms with Crippen LogP contribution in [-0.4, -0.2) is 11.0 Å². The van der Waals surface area contributed by atoms with Gasteiger partial charge in [0.1, 0.15) is 12.4 Å². The Morgan fingerprint density at radius 1 is 1.00 bits per heavy atom. The summed E-state index contributed by atoms with van der Waals surface area (Å²) in [6, 6.07) is 21.2. The van der Waals surface area contributed by atoms with E-state index in [0.717, 1.165) is 51.9 Å². The molecule has 4 heteroatoms. The Balaban J connectivity index is 1.57. The average molecular weight is 381 g/mol. The van der Waals surface area contributed by atoms with Gasteiger partial charge in [0, 0.05) is 5.39 Å². The lowest BCUT2D eigenvalue weighted by Crippen LogP contribution is -2.10. The third kappa shape index (κ3) is 3.34. The highest BCUT2D eigenvalue weighted by Crippen LogP contribution is 2.37. The Morgan fingerprint density at radius 3 is 2.66 bits per heavy atom. The highest BCUT2D eigenvalue weighted by Gasteiger charge is 2.27. The number of carbonyl (C=O) groups excluding carboxylic acids is 1. The second-order valence-electron chi connectivity index (χ2n) is 7.08. The van der Waals surface area contributed by atoms with Gasteiger partial charge in [-0.3, -0.25) is 0 Å². The summed E-state index contributed by atoms with van der Waals surface area (Å²) in [5.74, 6) is 0.485. The second kappa shape index (κ2) is 7.40. The standard InChI is InChI=1S/C25H19NO3/c27-25(29-16-17-7-2-1-3-8-17)23-20-10-4-5-11-22(20)26-24-18(12-13-21(23)24)15-19-9-6-14-28-19/h1-11,14-15H,12-13,16H2/b18-15+. The molecule has 2 aromatic carbocycles. The molecule has 29 heavy (non-hydrogen) atoms. The molecule has 0 fully saturated rings. The number of allylic oxidation sites excluding steroid dienone is 1. The van der Waals surface area contributed by atoms with Crippen molar-refractivity contribution >= 4 is 28.5 Å². The number of rotatable bonds is 4. The molecule has 4 aromatic rings. The van der Waals surface area contributed by atoms with Gasteiger partial charge in [-0.25, -0.2) is 9.78 Å². The summed E-state index contributed by atoms with van der Waals surface area (Å²) < 4.78 is 11.2. The molecule has 1 aliphatic rings. The number of carbonyl (C=O) groups is 1. The number of aromatic nitrogens is 1. The number of hydrogen-bond acceptors (Lipinski definition) is 4. The molecule has 142 valence electrons. The third-order valence-corrected chi connectivity index (χ3v) is 5.22. The quantitative estimate of drug-likeness (QED) is 0.427. The summed E-state index contributed by atoms with van der Waals surface area (Å²) in [6.07, 6.45) is 5.24. The number of para-hydroxylation sites is 1. The van der Waals surface area contributed by atoms with Crippen LogP contribution >= 0.6 is 0 Å². The molecule has 0 N–H and O–H groups in total. The van der Waals surface area contributed by atoms with Gasteiger partial charge in [0.2, 0.25) is 0 Å². The lowest BCUT2D eigenvalue weighted by molar-refractivity contribution is 0.0474. The van der Waals surface area contributed by atoms with Crippen molar-refractivity contribution in [2.24, 2.45) is 0 Å². The van der Waals surface area contributed by atoms with Gasteiger partial charge in [0.05, 0.1) is 23.0 Å². The molecule has 2 heterocycles. The Hall–Kier alpha value is -3.66. The van der Waals surface area contributed by atoms with E-state index in [-0.39, 0.29) is 12.6 Å². The van der Waals surface area contributed by atoms with Crippen LogP contribution in [0.1, 0.15) is 39.4 Å². The fourth-order valence-corrected chi connectivity index (χ4v) is 3.85. The van der Waals surface area contributed by atoms with Crippen molar-refractivity contribution in [3.05, 3.63) is 101 Å². The van der Waals surface area contributed by atoms with E-state index < -0.39 is 0 Å². The van der Waals surface area contributed by atoms with Crippen molar-refractivity contribution in [1.29, 1.82) is 0 Å². The molecule has 5 rings (SSSR count). The summed E-state index contributed by atoms with van der Waals surface area (Å²) in [4.78, 5) is 18.0. The van der Waals surface area contributed by atoms with Crippen molar-refractivity contribution in [2.45, 2.75) is 19.4 Å². The van der Waals surface area contributed by atoms with Crippen molar-refractivity contribution in [1.82, 2.24) is 4.98 Å². The Kier molecular flexibility index (Phi) is 4.45. The second-order valence-corrected chi connectivity index (χ2v) is 7.08. The van der Waals surface area contributed by atoms with Gasteiger partial charge < -0.3 is 9.15 Å². The highest BCUT2D eigenvalue weighted by molar-refractivity contribution is 6.07. The predicted molar refractivity (Wildman–Crippen MR) is 112 cm³/mol. The molecule has 0 amide bonds. The largest absolute Gasteiger partial charge is 0.465 e. The third-order valence-electron chi connectivity index (χ3n) is 5.22. The van der Waals surface area contributed by atoms with Crippen LogP contribution in [0.5, 0.6) is 0 Å². The average Bonchev–Trinajstić information content (AvgIpc) is 3.42. The van der Waals surface area contributed by atoms with Crippen molar-refractivity contribution < 1.29 is 13.9 Å². The molecular weight excluding hydrogens is 362 g/mol. The zero-order valence-corrected chi connectivity index (χ0v) is 15.8. The van der Waals surface area contributed by atoms with Crippen molar-refractivity contribution in [3.8, 4) is 0 Å². The Labute approximate surface area is 168 Å². The molecule has 0 saturated carbocycles. The molecule has 1 aliphatic carbocycles. The maximum atomic E-state index is 13.1. The number of furan rings is 1. The normalized spacial score (nSPS) is 14.3. The predicted octanol–water partition coefficient (Wildman–Crippen LogP) is 5.67. The van der Waals surface area contributed by atoms with Gasteiger partial charge in [0.25, 0.3) is 0 Å². The van der Waals surface area contributed by atoms with E-state index in [1.165, 1.54) is 0 Å². The van der Waals surface area contributed by atoms with E-state index >= 15 is 0 Å². The van der Waals surface area contributed by atoms with Crippen LogP contribution in [0.2, 0.25) is 0 Å². The zero-order chi connectivity index (χ0) is 19.6. The van der Waals surface area contributed by atoms with Gasteiger partial charge in [-0.1, -0.05) is 48.5 Å². The van der Waals surface area contributed by atoms with Crippen LogP contribution in [0, 0.1) is 0 Å². The maximum Gasteiger partial charge on any atom is 0.339 e. The molecule has 0 unspecified atom stereocenters. The summed E-state index contributed by atoms with van der Waals surface area (Å²) in [5.41, 5.74) is 5.30. The van der Waals surface area contributed by atoms with Gasteiger partial charge in [0.15, 0.2) is 0 Å². The molecular formula is C25H19NO3. The van der Waals surface area contributed by atoms with Crippen LogP contribution in [0.15, 0.2) is 77.4 Å². The monoisotopic (exact) mass is 381 g/mol. The van der Waals surface area contributed by atoms with Crippen LogP contribution in [0.4, 0.5) is 0 Å². The van der Waals surface area contributed by atoms with Gasteiger partial charge >= 0.3 is 5.97 Å². The molecule has 0 aliphatic heterocycles. The first kappa shape index (κ1) is 17.4. The summed E-state index contributed by atoms with van der Waals surface area (Å²) in [6.45, 7) is 0.250. The molecule has 0 radical (unpaired) electrons. The topological polar surface area (TPSA) is 52.3 Å². The first-order valence-corrected chi connectivity index (χ1v) is 9.67. The van der Waals surface area contributed by atoms with E-state index in [1.54, 1.807) is 6.26 Å². The van der Waals surface area contributed by atoms with E-state index in [9.17, 15) is 4.79 Å². The lowest BCUT2D eigenvalue weighted by atomic mass is 10.0. The minimum absolute atomic E-state index is 0.250. The van der Waals surface area contributed by atoms with Crippen LogP contribution in [0.3, 0.4) is 0 Å². The molecule has 4 nitrogen and oxygen atoms in total. The van der Waals surface area contributed by atoms with Gasteiger partial charge in [-0.05, 0) is 53.8 Å². The van der Waals surface area contributed by atoms with Gasteiger partial charge in [-0.2, -0.15) is 0 Å². The van der Waals surface area contributed by atoms with E-state index in [0.29, 0.717) is 5.56 Å². The lowest BCUT2D eigenvalue weighted by Gasteiger charge is -2.12. The molecule has 0 bridgehead atoms.